The van der Waals surface area contributed by atoms with Crippen molar-refractivity contribution >= 4 is 18.3 Å². The molecule has 2 atom stereocenters. The molecule has 0 aliphatic heterocycles. The summed E-state index contributed by atoms with van der Waals surface area (Å²) in [5, 5.41) is 3.03. The summed E-state index contributed by atoms with van der Waals surface area (Å²) in [5.74, 6) is 1.01. The van der Waals surface area contributed by atoms with Crippen LogP contribution in [0.15, 0.2) is 18.2 Å². The van der Waals surface area contributed by atoms with Crippen LogP contribution in [0.25, 0.3) is 0 Å². The monoisotopic (exact) mass is 340 g/mol. The molecule has 1 aliphatic carbocycles. The molecular formula is C18H29ClN2O2. The third kappa shape index (κ3) is 6.04. The lowest BCUT2D eigenvalue weighted by Crippen LogP contribution is -2.30. The smallest absolute Gasteiger partial charge is 0.223 e. The predicted octanol–water partition coefficient (Wildman–Crippen LogP) is 3.34. The SMILES string of the molecule is Cc1ccc(CNC(=O)C2CCC(N)C2)c(OC(C)(C)C)c1.Cl. The van der Waals surface area contributed by atoms with Gasteiger partial charge in [0.25, 0.3) is 0 Å². The second kappa shape index (κ2) is 8.02. The lowest BCUT2D eigenvalue weighted by molar-refractivity contribution is -0.125. The number of carbonyl (C=O) groups is 1. The molecule has 3 N–H and O–H groups in total. The lowest BCUT2D eigenvalue weighted by Gasteiger charge is -2.24. The van der Waals surface area contributed by atoms with E-state index >= 15 is 0 Å². The molecule has 4 nitrogen and oxygen atoms in total. The Bertz CT molecular complexity index is 540. The first-order valence-electron chi connectivity index (χ1n) is 8.06. The average molecular weight is 341 g/mol. The van der Waals surface area contributed by atoms with E-state index in [1.165, 1.54) is 0 Å². The number of ether oxygens (including phenoxy) is 1. The Labute approximate surface area is 145 Å². The Morgan fingerprint density at radius 1 is 1.35 bits per heavy atom. The zero-order valence-corrected chi connectivity index (χ0v) is 15.3. The molecule has 1 fully saturated rings. The number of hydrogen-bond acceptors (Lipinski definition) is 3. The van der Waals surface area contributed by atoms with Gasteiger partial charge >= 0.3 is 0 Å². The first-order chi connectivity index (χ1) is 10.2. The van der Waals surface area contributed by atoms with Gasteiger partial charge in [-0.1, -0.05) is 12.1 Å². The van der Waals surface area contributed by atoms with Crippen LogP contribution in [-0.4, -0.2) is 17.6 Å². The van der Waals surface area contributed by atoms with Gasteiger partial charge in [0.05, 0.1) is 0 Å². The zero-order chi connectivity index (χ0) is 16.3. The van der Waals surface area contributed by atoms with E-state index < -0.39 is 0 Å². The first-order valence-corrected chi connectivity index (χ1v) is 8.06. The number of nitrogens with one attached hydrogen (secondary N) is 1. The number of carbonyl (C=O) groups excluding carboxylic acids is 1. The molecule has 1 amide bonds. The van der Waals surface area contributed by atoms with Crippen molar-refractivity contribution in [3.05, 3.63) is 29.3 Å². The van der Waals surface area contributed by atoms with Crippen molar-refractivity contribution in [2.24, 2.45) is 11.7 Å². The molecule has 2 unspecified atom stereocenters. The molecule has 1 aliphatic rings. The van der Waals surface area contributed by atoms with Crippen LogP contribution in [0.4, 0.5) is 0 Å². The highest BCUT2D eigenvalue weighted by molar-refractivity contribution is 5.85. The molecule has 0 spiro atoms. The van der Waals surface area contributed by atoms with Crippen LogP contribution in [-0.2, 0) is 11.3 Å². The Morgan fingerprint density at radius 2 is 2.04 bits per heavy atom. The molecule has 2 rings (SSSR count). The average Bonchev–Trinajstić information content (AvgIpc) is 2.82. The van der Waals surface area contributed by atoms with E-state index in [1.54, 1.807) is 0 Å². The normalized spacial score (nSPS) is 20.7. The molecule has 130 valence electrons. The molecule has 0 bridgehead atoms. The third-order valence-electron chi connectivity index (χ3n) is 3.94. The topological polar surface area (TPSA) is 64.4 Å². The van der Waals surface area contributed by atoms with Gasteiger partial charge in [0, 0.05) is 24.1 Å². The van der Waals surface area contributed by atoms with Crippen LogP contribution < -0.4 is 15.8 Å². The minimum absolute atomic E-state index is 0. The van der Waals surface area contributed by atoms with Gasteiger partial charge in [0.15, 0.2) is 0 Å². The van der Waals surface area contributed by atoms with Crippen LogP contribution in [0.5, 0.6) is 5.75 Å². The predicted molar refractivity (Wildman–Crippen MR) is 96.0 cm³/mol. The maximum absolute atomic E-state index is 12.2. The van der Waals surface area contributed by atoms with Gasteiger partial charge in [-0.05, 0) is 58.6 Å². The minimum atomic E-state index is -0.259. The van der Waals surface area contributed by atoms with Crippen molar-refractivity contribution in [1.29, 1.82) is 0 Å². The summed E-state index contributed by atoms with van der Waals surface area (Å²) >= 11 is 0. The van der Waals surface area contributed by atoms with Gasteiger partial charge in [0.2, 0.25) is 5.91 Å². The van der Waals surface area contributed by atoms with Gasteiger partial charge < -0.3 is 15.8 Å². The molecule has 1 aromatic rings. The fraction of sp³-hybridized carbons (Fsp3) is 0.611. The quantitative estimate of drug-likeness (QED) is 0.883. The van der Waals surface area contributed by atoms with Crippen LogP contribution >= 0.6 is 12.4 Å². The van der Waals surface area contributed by atoms with Crippen molar-refractivity contribution in [3.63, 3.8) is 0 Å². The summed E-state index contributed by atoms with van der Waals surface area (Å²) in [6.07, 6.45) is 2.64. The molecular weight excluding hydrogens is 312 g/mol. The van der Waals surface area contributed by atoms with Crippen molar-refractivity contribution in [2.75, 3.05) is 0 Å². The van der Waals surface area contributed by atoms with E-state index in [0.717, 1.165) is 36.1 Å². The van der Waals surface area contributed by atoms with Crippen LogP contribution in [0, 0.1) is 12.8 Å². The van der Waals surface area contributed by atoms with E-state index in [0.29, 0.717) is 6.54 Å². The van der Waals surface area contributed by atoms with Crippen LogP contribution in [0.2, 0.25) is 0 Å². The molecule has 1 aromatic carbocycles. The Balaban J connectivity index is 0.00000264. The summed E-state index contributed by atoms with van der Waals surface area (Å²) < 4.78 is 6.02. The zero-order valence-electron chi connectivity index (χ0n) is 14.5. The third-order valence-corrected chi connectivity index (χ3v) is 3.94. The standard InChI is InChI=1S/C18H28N2O2.ClH/c1-12-5-6-14(16(9-12)22-18(2,3)4)11-20-17(21)13-7-8-15(19)10-13;/h5-6,9,13,15H,7-8,10-11,19H2,1-4H3,(H,20,21);1H. The molecule has 1 saturated carbocycles. The Hall–Kier alpha value is -1.26. The summed E-state index contributed by atoms with van der Waals surface area (Å²) in [7, 11) is 0. The fourth-order valence-corrected chi connectivity index (χ4v) is 2.81. The first kappa shape index (κ1) is 19.8. The van der Waals surface area contributed by atoms with E-state index in [2.05, 4.69) is 5.32 Å². The van der Waals surface area contributed by atoms with Crippen molar-refractivity contribution in [2.45, 2.75) is 65.1 Å². The van der Waals surface area contributed by atoms with Crippen LogP contribution in [0.3, 0.4) is 0 Å². The van der Waals surface area contributed by atoms with Gasteiger partial charge in [-0.15, -0.1) is 12.4 Å². The van der Waals surface area contributed by atoms with E-state index in [1.807, 2.05) is 45.9 Å². The lowest BCUT2D eigenvalue weighted by atomic mass is 10.1. The molecule has 0 saturated heterocycles. The van der Waals surface area contributed by atoms with Gasteiger partial charge in [-0.2, -0.15) is 0 Å². The van der Waals surface area contributed by atoms with Gasteiger partial charge in [-0.3, -0.25) is 4.79 Å². The largest absolute Gasteiger partial charge is 0.488 e. The number of halogens is 1. The fourth-order valence-electron chi connectivity index (χ4n) is 2.81. The second-order valence-electron chi connectivity index (χ2n) is 7.31. The highest BCUT2D eigenvalue weighted by Crippen LogP contribution is 2.26. The van der Waals surface area contributed by atoms with E-state index in [9.17, 15) is 4.79 Å². The van der Waals surface area contributed by atoms with E-state index in [-0.39, 0.29) is 35.9 Å². The van der Waals surface area contributed by atoms with Gasteiger partial charge in [0.1, 0.15) is 11.4 Å². The summed E-state index contributed by atoms with van der Waals surface area (Å²) in [4.78, 5) is 12.2. The molecule has 0 heterocycles. The second-order valence-corrected chi connectivity index (χ2v) is 7.31. The number of hydrogen-bond donors (Lipinski definition) is 2. The maximum Gasteiger partial charge on any atom is 0.223 e. The van der Waals surface area contributed by atoms with Crippen LogP contribution in [0.1, 0.15) is 51.2 Å². The summed E-state index contributed by atoms with van der Waals surface area (Å²) in [5.41, 5.74) is 7.78. The summed E-state index contributed by atoms with van der Waals surface area (Å²) in [6.45, 7) is 8.61. The summed E-state index contributed by atoms with van der Waals surface area (Å²) in [6, 6.07) is 6.27. The number of aryl methyl sites for hydroxylation is 1. The molecule has 0 radical (unpaired) electrons. The molecule has 0 aromatic heterocycles. The highest BCUT2D eigenvalue weighted by Gasteiger charge is 2.27. The number of nitrogens with two attached hydrogens (primary N) is 1. The maximum atomic E-state index is 12.2. The Kier molecular flexibility index (Phi) is 6.90. The van der Waals surface area contributed by atoms with E-state index in [4.69, 9.17) is 10.5 Å². The van der Waals surface area contributed by atoms with Crippen molar-refractivity contribution < 1.29 is 9.53 Å². The number of amides is 1. The van der Waals surface area contributed by atoms with Gasteiger partial charge in [-0.25, -0.2) is 0 Å². The number of benzene rings is 1. The Morgan fingerprint density at radius 3 is 2.61 bits per heavy atom. The van der Waals surface area contributed by atoms with Crippen molar-refractivity contribution in [3.8, 4) is 5.75 Å². The molecule has 23 heavy (non-hydrogen) atoms. The minimum Gasteiger partial charge on any atom is -0.488 e. The highest BCUT2D eigenvalue weighted by atomic mass is 35.5. The number of rotatable bonds is 4. The molecule has 5 heteroatoms. The van der Waals surface area contributed by atoms with Crippen molar-refractivity contribution in [1.82, 2.24) is 5.32 Å².